The van der Waals surface area contributed by atoms with Gasteiger partial charge in [0.2, 0.25) is 5.91 Å². The first-order chi connectivity index (χ1) is 8.27. The summed E-state index contributed by atoms with van der Waals surface area (Å²) in [6.07, 6.45) is 0. The molecule has 2 rings (SSSR count). The predicted molar refractivity (Wildman–Crippen MR) is 70.5 cm³/mol. The normalized spacial score (nSPS) is 10.2. The van der Waals surface area contributed by atoms with Gasteiger partial charge in [0.1, 0.15) is 5.51 Å². The average Bonchev–Trinajstić information content (AvgIpc) is 2.89. The Balaban J connectivity index is 1.92. The number of carbonyl (C=O) groups excluding carboxylic acids is 1. The Bertz CT molecular complexity index is 473. The fourth-order valence-corrected chi connectivity index (χ4v) is 2.64. The van der Waals surface area contributed by atoms with Gasteiger partial charge in [-0.25, -0.2) is 0 Å². The number of benzene rings is 1. The van der Waals surface area contributed by atoms with Crippen molar-refractivity contribution in [3.05, 3.63) is 35.8 Å². The van der Waals surface area contributed by atoms with E-state index in [0.29, 0.717) is 5.75 Å². The molecule has 1 heterocycles. The SMILES string of the molecule is CN(C(=O)CSc1nncs1)c1ccccc1. The maximum Gasteiger partial charge on any atom is 0.237 e. The predicted octanol–water partition coefficient (Wildman–Crippen LogP) is 2.29. The number of aromatic nitrogens is 2. The summed E-state index contributed by atoms with van der Waals surface area (Å²) in [6, 6.07) is 9.58. The molecule has 0 saturated heterocycles. The Labute approximate surface area is 108 Å². The number of anilines is 1. The number of rotatable bonds is 4. The lowest BCUT2D eigenvalue weighted by molar-refractivity contribution is -0.115. The average molecular weight is 265 g/mol. The molecule has 17 heavy (non-hydrogen) atoms. The van der Waals surface area contributed by atoms with E-state index in [1.165, 1.54) is 23.1 Å². The minimum Gasteiger partial charge on any atom is -0.315 e. The van der Waals surface area contributed by atoms with Gasteiger partial charge in [-0.2, -0.15) is 0 Å². The second kappa shape index (κ2) is 5.79. The van der Waals surface area contributed by atoms with Gasteiger partial charge >= 0.3 is 0 Å². The first kappa shape index (κ1) is 12.1. The lowest BCUT2D eigenvalue weighted by atomic mass is 10.3. The second-order valence-electron chi connectivity index (χ2n) is 3.28. The molecule has 0 aliphatic carbocycles. The van der Waals surface area contributed by atoms with Gasteiger partial charge in [-0.15, -0.1) is 10.2 Å². The number of hydrogen-bond donors (Lipinski definition) is 0. The lowest BCUT2D eigenvalue weighted by Gasteiger charge is -2.16. The zero-order valence-electron chi connectivity index (χ0n) is 9.24. The summed E-state index contributed by atoms with van der Waals surface area (Å²) >= 11 is 2.85. The fourth-order valence-electron chi connectivity index (χ4n) is 1.24. The van der Waals surface area contributed by atoms with Crippen LogP contribution in [0.3, 0.4) is 0 Å². The van der Waals surface area contributed by atoms with E-state index in [-0.39, 0.29) is 5.91 Å². The van der Waals surface area contributed by atoms with Crippen molar-refractivity contribution < 1.29 is 4.79 Å². The van der Waals surface area contributed by atoms with Crippen LogP contribution in [0.5, 0.6) is 0 Å². The van der Waals surface area contributed by atoms with Crippen molar-refractivity contribution in [3.63, 3.8) is 0 Å². The number of carbonyl (C=O) groups is 1. The van der Waals surface area contributed by atoms with Gasteiger partial charge in [-0.05, 0) is 12.1 Å². The largest absolute Gasteiger partial charge is 0.315 e. The van der Waals surface area contributed by atoms with Crippen LogP contribution in [0.2, 0.25) is 0 Å². The van der Waals surface area contributed by atoms with Gasteiger partial charge < -0.3 is 4.90 Å². The van der Waals surface area contributed by atoms with E-state index < -0.39 is 0 Å². The molecular formula is C11H11N3OS2. The summed E-state index contributed by atoms with van der Waals surface area (Å²) in [7, 11) is 1.78. The van der Waals surface area contributed by atoms with Crippen LogP contribution in [0.1, 0.15) is 0 Å². The second-order valence-corrected chi connectivity index (χ2v) is 5.34. The lowest BCUT2D eigenvalue weighted by Crippen LogP contribution is -2.27. The van der Waals surface area contributed by atoms with E-state index in [1.807, 2.05) is 30.3 Å². The van der Waals surface area contributed by atoms with E-state index in [1.54, 1.807) is 17.5 Å². The molecule has 0 aliphatic rings. The summed E-state index contributed by atoms with van der Waals surface area (Å²) in [4.78, 5) is 13.5. The molecule has 0 aliphatic heterocycles. The van der Waals surface area contributed by atoms with Crippen LogP contribution in [0.15, 0.2) is 40.2 Å². The van der Waals surface area contributed by atoms with Gasteiger partial charge in [-0.3, -0.25) is 4.79 Å². The zero-order chi connectivity index (χ0) is 12.1. The first-order valence-corrected chi connectivity index (χ1v) is 6.84. The van der Waals surface area contributed by atoms with Crippen LogP contribution < -0.4 is 4.90 Å². The van der Waals surface area contributed by atoms with E-state index in [0.717, 1.165) is 10.0 Å². The van der Waals surface area contributed by atoms with Crippen LogP contribution in [-0.4, -0.2) is 28.9 Å². The maximum absolute atomic E-state index is 11.9. The molecule has 0 spiro atoms. The van der Waals surface area contributed by atoms with Crippen molar-refractivity contribution in [2.24, 2.45) is 0 Å². The molecule has 4 nitrogen and oxygen atoms in total. The molecule has 0 fully saturated rings. The molecule has 0 atom stereocenters. The Morgan fingerprint density at radius 2 is 2.18 bits per heavy atom. The highest BCUT2D eigenvalue weighted by Crippen LogP contribution is 2.20. The highest BCUT2D eigenvalue weighted by atomic mass is 32.2. The molecule has 1 amide bonds. The van der Waals surface area contributed by atoms with Crippen molar-refractivity contribution in [3.8, 4) is 0 Å². The van der Waals surface area contributed by atoms with Crippen LogP contribution in [0, 0.1) is 0 Å². The fraction of sp³-hybridized carbons (Fsp3) is 0.182. The summed E-state index contributed by atoms with van der Waals surface area (Å²) in [5.74, 6) is 0.428. The van der Waals surface area contributed by atoms with E-state index in [9.17, 15) is 4.79 Å². The maximum atomic E-state index is 11.9. The van der Waals surface area contributed by atoms with Crippen molar-refractivity contribution in [2.45, 2.75) is 4.34 Å². The van der Waals surface area contributed by atoms with Crippen LogP contribution in [-0.2, 0) is 4.79 Å². The molecule has 0 radical (unpaired) electrons. The standard InChI is InChI=1S/C11H11N3OS2/c1-14(9-5-3-2-4-6-9)10(15)7-16-11-13-12-8-17-11/h2-6,8H,7H2,1H3. The van der Waals surface area contributed by atoms with E-state index in [4.69, 9.17) is 0 Å². The minimum atomic E-state index is 0.0522. The Kier molecular flexibility index (Phi) is 4.11. The topological polar surface area (TPSA) is 46.1 Å². The molecule has 1 aromatic carbocycles. The molecular weight excluding hydrogens is 254 g/mol. The number of thioether (sulfide) groups is 1. The van der Waals surface area contributed by atoms with Crippen molar-refractivity contribution in [1.82, 2.24) is 10.2 Å². The van der Waals surface area contributed by atoms with Gasteiger partial charge in [0.05, 0.1) is 5.75 Å². The van der Waals surface area contributed by atoms with E-state index >= 15 is 0 Å². The number of amides is 1. The highest BCUT2D eigenvalue weighted by Gasteiger charge is 2.11. The quantitative estimate of drug-likeness (QED) is 0.796. The van der Waals surface area contributed by atoms with Crippen molar-refractivity contribution in [2.75, 3.05) is 17.7 Å². The monoisotopic (exact) mass is 265 g/mol. The molecule has 6 heteroatoms. The van der Waals surface area contributed by atoms with E-state index in [2.05, 4.69) is 10.2 Å². The van der Waals surface area contributed by atoms with Gasteiger partial charge in [0, 0.05) is 12.7 Å². The van der Waals surface area contributed by atoms with Gasteiger partial charge in [0.15, 0.2) is 4.34 Å². The summed E-state index contributed by atoms with van der Waals surface area (Å²) in [5, 5.41) is 7.61. The molecule has 0 N–H and O–H groups in total. The third-order valence-corrected chi connectivity index (χ3v) is 4.02. The molecule has 0 saturated carbocycles. The zero-order valence-corrected chi connectivity index (χ0v) is 10.9. The Hall–Kier alpha value is -1.40. The van der Waals surface area contributed by atoms with Crippen LogP contribution >= 0.6 is 23.1 Å². The van der Waals surface area contributed by atoms with Gasteiger partial charge in [-0.1, -0.05) is 41.3 Å². The summed E-state index contributed by atoms with van der Waals surface area (Å²) in [6.45, 7) is 0. The smallest absolute Gasteiger partial charge is 0.237 e. The Morgan fingerprint density at radius 1 is 1.41 bits per heavy atom. The van der Waals surface area contributed by atoms with Crippen molar-refractivity contribution >= 4 is 34.7 Å². The number of hydrogen-bond acceptors (Lipinski definition) is 5. The van der Waals surface area contributed by atoms with Crippen molar-refractivity contribution in [1.29, 1.82) is 0 Å². The summed E-state index contributed by atoms with van der Waals surface area (Å²) in [5.41, 5.74) is 2.56. The van der Waals surface area contributed by atoms with Gasteiger partial charge in [0.25, 0.3) is 0 Å². The number of nitrogens with zero attached hydrogens (tertiary/aromatic N) is 3. The molecule has 2 aromatic rings. The first-order valence-electron chi connectivity index (χ1n) is 4.98. The molecule has 0 bridgehead atoms. The number of para-hydroxylation sites is 1. The highest BCUT2D eigenvalue weighted by molar-refractivity contribution is 8.01. The minimum absolute atomic E-state index is 0.0522. The summed E-state index contributed by atoms with van der Waals surface area (Å²) < 4.78 is 0.819. The van der Waals surface area contributed by atoms with Crippen LogP contribution in [0.25, 0.3) is 0 Å². The molecule has 1 aromatic heterocycles. The molecule has 0 unspecified atom stereocenters. The molecule has 88 valence electrons. The third-order valence-electron chi connectivity index (χ3n) is 2.18. The Morgan fingerprint density at radius 3 is 2.82 bits per heavy atom. The third kappa shape index (κ3) is 3.28. The van der Waals surface area contributed by atoms with Crippen LogP contribution in [0.4, 0.5) is 5.69 Å².